The number of hydrogen-bond donors (Lipinski definition) is 1. The molecule has 0 radical (unpaired) electrons. The number of rotatable bonds is 5. The number of benzene rings is 1. The van der Waals surface area contributed by atoms with E-state index in [0.29, 0.717) is 5.17 Å². The molecule has 1 aromatic carbocycles. The summed E-state index contributed by atoms with van der Waals surface area (Å²) in [7, 11) is 0. The second-order valence-corrected chi connectivity index (χ2v) is 10.6. The van der Waals surface area contributed by atoms with Crippen LogP contribution in [0.15, 0.2) is 46.0 Å². The molecule has 3 heterocycles. The summed E-state index contributed by atoms with van der Waals surface area (Å²) in [6, 6.07) is 10.4. The highest BCUT2D eigenvalue weighted by Gasteiger charge is 2.35. The fourth-order valence-corrected chi connectivity index (χ4v) is 6.09. The summed E-state index contributed by atoms with van der Waals surface area (Å²) < 4.78 is 2.18. The Morgan fingerprint density at radius 2 is 1.94 bits per heavy atom. The number of nitrogens with zero attached hydrogens (tertiary/aromatic N) is 4. The first-order valence-electron chi connectivity index (χ1n) is 12.2. The van der Waals surface area contributed by atoms with Crippen LogP contribution in [0.5, 0.6) is 0 Å². The van der Waals surface area contributed by atoms with E-state index in [1.54, 1.807) is 6.08 Å². The number of aromatic nitrogens is 1. The molecule has 0 spiro atoms. The summed E-state index contributed by atoms with van der Waals surface area (Å²) >= 11 is 1.44. The van der Waals surface area contributed by atoms with Gasteiger partial charge >= 0.3 is 0 Å². The molecule has 1 aromatic heterocycles. The molecule has 6 nitrogen and oxygen atoms in total. The van der Waals surface area contributed by atoms with Crippen molar-refractivity contribution >= 4 is 39.8 Å². The van der Waals surface area contributed by atoms with Gasteiger partial charge in [-0.25, -0.2) is 0 Å². The maximum absolute atomic E-state index is 12.9. The molecule has 0 bridgehead atoms. The van der Waals surface area contributed by atoms with Gasteiger partial charge in [-0.05, 0) is 86.7 Å². The zero-order valence-corrected chi connectivity index (χ0v) is 20.9. The normalized spacial score (nSPS) is 20.1. The number of fused-ring (bicyclic) bond motifs is 1. The number of aryl methyl sites for hydroxylation is 2. The molecule has 0 saturated heterocycles. The van der Waals surface area contributed by atoms with Crippen LogP contribution in [0.2, 0.25) is 0 Å². The Bertz CT molecular complexity index is 1250. The molecule has 5 rings (SSSR count). The smallest absolute Gasteiger partial charge is 0.283 e. The number of hydrogen-bond acceptors (Lipinski definition) is 4. The molecular weight excluding hydrogens is 442 g/mol. The Kier molecular flexibility index (Phi) is 6.30. The number of amidine groups is 2. The second kappa shape index (κ2) is 9.37. The number of carbonyl (C=O) groups excluding carboxylic acids is 1. The number of thioether (sulfide) groups is 1. The SMILES string of the molecule is Cc1cccc(-n2c(C)cc(/C=C3/C(=N)N4N=C(CCC5CCCCC5)SC4=NC3=O)c2C)c1. The minimum Gasteiger partial charge on any atom is -0.318 e. The highest BCUT2D eigenvalue weighted by atomic mass is 32.2. The first-order chi connectivity index (χ1) is 16.4. The third-order valence-electron chi connectivity index (χ3n) is 7.02. The van der Waals surface area contributed by atoms with E-state index in [4.69, 9.17) is 5.41 Å². The lowest BCUT2D eigenvalue weighted by Crippen LogP contribution is -2.35. The predicted molar refractivity (Wildman–Crippen MR) is 141 cm³/mol. The molecule has 1 amide bonds. The van der Waals surface area contributed by atoms with Crippen LogP contribution in [0, 0.1) is 32.1 Å². The molecule has 7 heteroatoms. The summed E-state index contributed by atoms with van der Waals surface area (Å²) in [5.74, 6) is 0.514. The van der Waals surface area contributed by atoms with Crippen molar-refractivity contribution in [2.24, 2.45) is 16.0 Å². The van der Waals surface area contributed by atoms with Gasteiger partial charge in [0.1, 0.15) is 5.04 Å². The van der Waals surface area contributed by atoms with E-state index in [2.05, 4.69) is 52.8 Å². The molecule has 2 aliphatic heterocycles. The third kappa shape index (κ3) is 4.41. The van der Waals surface area contributed by atoms with Gasteiger partial charge in [-0.1, -0.05) is 44.2 Å². The molecule has 34 heavy (non-hydrogen) atoms. The van der Waals surface area contributed by atoms with Gasteiger partial charge in [-0.2, -0.15) is 15.1 Å². The van der Waals surface area contributed by atoms with Gasteiger partial charge in [0.25, 0.3) is 5.91 Å². The van der Waals surface area contributed by atoms with Crippen molar-refractivity contribution in [3.8, 4) is 5.69 Å². The number of nitrogens with one attached hydrogen (secondary N) is 1. The molecule has 1 saturated carbocycles. The van der Waals surface area contributed by atoms with E-state index in [9.17, 15) is 4.79 Å². The molecule has 176 valence electrons. The van der Waals surface area contributed by atoms with Crippen LogP contribution < -0.4 is 0 Å². The lowest BCUT2D eigenvalue weighted by molar-refractivity contribution is -0.114. The van der Waals surface area contributed by atoms with Crippen LogP contribution in [0.4, 0.5) is 0 Å². The van der Waals surface area contributed by atoms with Crippen molar-refractivity contribution in [2.75, 3.05) is 0 Å². The fourth-order valence-electron chi connectivity index (χ4n) is 5.19. The monoisotopic (exact) mass is 473 g/mol. The van der Waals surface area contributed by atoms with Crippen LogP contribution in [-0.4, -0.2) is 31.5 Å². The lowest BCUT2D eigenvalue weighted by atomic mass is 9.86. The standard InChI is InChI=1S/C27H31N5OS/c1-17-8-7-11-22(14-17)31-18(2)15-21(19(31)3)16-23-25(28)32-27(29-26(23)33)34-24(30-32)13-12-20-9-5-4-6-10-20/h7-8,11,14-16,20,28H,4-6,9-10,12-13H2,1-3H3/b23-16-,28-25?. The minimum atomic E-state index is -0.368. The molecule has 2 aromatic rings. The first kappa shape index (κ1) is 22.8. The quantitative estimate of drug-likeness (QED) is 0.512. The van der Waals surface area contributed by atoms with Gasteiger partial charge in [0.15, 0.2) is 5.84 Å². The van der Waals surface area contributed by atoms with E-state index < -0.39 is 0 Å². The molecule has 1 fully saturated rings. The Morgan fingerprint density at radius 1 is 1.15 bits per heavy atom. The molecule has 1 aliphatic carbocycles. The average Bonchev–Trinajstić information content (AvgIpc) is 3.35. The van der Waals surface area contributed by atoms with Gasteiger partial charge in [-0.3, -0.25) is 10.2 Å². The van der Waals surface area contributed by atoms with E-state index in [1.165, 1.54) is 54.4 Å². The van der Waals surface area contributed by atoms with E-state index in [1.807, 2.05) is 13.0 Å². The molecule has 1 N–H and O–H groups in total. The number of carbonyl (C=O) groups is 1. The zero-order valence-electron chi connectivity index (χ0n) is 20.1. The van der Waals surface area contributed by atoms with Crippen LogP contribution in [0.1, 0.15) is 67.5 Å². The topological polar surface area (TPSA) is 73.8 Å². The molecule has 0 unspecified atom stereocenters. The van der Waals surface area contributed by atoms with E-state index in [-0.39, 0.29) is 17.3 Å². The van der Waals surface area contributed by atoms with Crippen molar-refractivity contribution in [1.82, 2.24) is 9.58 Å². The highest BCUT2D eigenvalue weighted by Crippen LogP contribution is 2.33. The third-order valence-corrected chi connectivity index (χ3v) is 7.99. The van der Waals surface area contributed by atoms with Gasteiger partial charge in [0.2, 0.25) is 5.17 Å². The van der Waals surface area contributed by atoms with Crippen LogP contribution in [-0.2, 0) is 4.79 Å². The fraction of sp³-hybridized carbons (Fsp3) is 0.407. The Morgan fingerprint density at radius 3 is 2.71 bits per heavy atom. The van der Waals surface area contributed by atoms with Crippen LogP contribution in [0.25, 0.3) is 11.8 Å². The van der Waals surface area contributed by atoms with Crippen molar-refractivity contribution in [1.29, 1.82) is 5.41 Å². The molecule has 3 aliphatic rings. The summed E-state index contributed by atoms with van der Waals surface area (Å²) in [5, 5.41) is 16.4. The molecule has 0 atom stereocenters. The Labute approximate surface area is 205 Å². The summed E-state index contributed by atoms with van der Waals surface area (Å²) in [6.45, 7) is 6.18. The van der Waals surface area contributed by atoms with Crippen LogP contribution in [0.3, 0.4) is 0 Å². The highest BCUT2D eigenvalue weighted by molar-refractivity contribution is 8.26. The summed E-state index contributed by atoms with van der Waals surface area (Å²) in [6.07, 6.45) is 10.5. The summed E-state index contributed by atoms with van der Waals surface area (Å²) in [4.78, 5) is 17.2. The number of hydrazone groups is 1. The predicted octanol–water partition coefficient (Wildman–Crippen LogP) is 6.38. The van der Waals surface area contributed by atoms with Crippen molar-refractivity contribution < 1.29 is 4.79 Å². The Balaban J connectivity index is 1.38. The van der Waals surface area contributed by atoms with Crippen molar-refractivity contribution in [3.63, 3.8) is 0 Å². The largest absolute Gasteiger partial charge is 0.318 e. The number of amides is 1. The minimum absolute atomic E-state index is 0.107. The maximum Gasteiger partial charge on any atom is 0.283 e. The van der Waals surface area contributed by atoms with Crippen molar-refractivity contribution in [3.05, 3.63) is 58.4 Å². The molecular formula is C27H31N5OS. The van der Waals surface area contributed by atoms with Crippen LogP contribution >= 0.6 is 11.8 Å². The zero-order chi connectivity index (χ0) is 23.8. The van der Waals surface area contributed by atoms with Gasteiger partial charge in [-0.15, -0.1) is 0 Å². The van der Waals surface area contributed by atoms with E-state index >= 15 is 0 Å². The second-order valence-electron chi connectivity index (χ2n) is 9.56. The Hall–Kier alpha value is -2.93. The van der Waals surface area contributed by atoms with Crippen molar-refractivity contribution in [2.45, 2.75) is 65.7 Å². The maximum atomic E-state index is 12.9. The summed E-state index contributed by atoms with van der Waals surface area (Å²) in [5.41, 5.74) is 5.59. The lowest BCUT2D eigenvalue weighted by Gasteiger charge is -2.20. The average molecular weight is 474 g/mol. The van der Waals surface area contributed by atoms with E-state index in [0.717, 1.165) is 46.4 Å². The van der Waals surface area contributed by atoms with Gasteiger partial charge < -0.3 is 4.57 Å². The van der Waals surface area contributed by atoms with Gasteiger partial charge in [0, 0.05) is 17.1 Å². The first-order valence-corrected chi connectivity index (χ1v) is 13.0. The van der Waals surface area contributed by atoms with Gasteiger partial charge in [0.05, 0.1) is 5.57 Å². The number of aliphatic imine (C=N–C) groups is 1.